The molecule has 0 spiro atoms. The van der Waals surface area contributed by atoms with Gasteiger partial charge in [-0.3, -0.25) is 4.79 Å². The SMILES string of the molecule is C[C@H](NC(=O)COc1ccccc1F)c1ccc(N2CCCC2)cc1. The summed E-state index contributed by atoms with van der Waals surface area (Å²) in [5, 5.41) is 2.87. The number of rotatable bonds is 6. The Morgan fingerprint density at radius 3 is 2.52 bits per heavy atom. The molecule has 0 radical (unpaired) electrons. The molecule has 0 bridgehead atoms. The van der Waals surface area contributed by atoms with Gasteiger partial charge in [0, 0.05) is 18.8 Å². The lowest BCUT2D eigenvalue weighted by molar-refractivity contribution is -0.123. The van der Waals surface area contributed by atoms with Crippen LogP contribution in [0.15, 0.2) is 48.5 Å². The Labute approximate surface area is 147 Å². The van der Waals surface area contributed by atoms with Crippen LogP contribution in [0.3, 0.4) is 0 Å². The number of hydrogen-bond donors (Lipinski definition) is 1. The van der Waals surface area contributed by atoms with Crippen LogP contribution >= 0.6 is 0 Å². The fourth-order valence-corrected chi connectivity index (χ4v) is 3.02. The first-order chi connectivity index (χ1) is 12.1. The van der Waals surface area contributed by atoms with E-state index in [-0.39, 0.29) is 24.3 Å². The molecule has 0 aromatic heterocycles. The molecule has 132 valence electrons. The van der Waals surface area contributed by atoms with E-state index in [9.17, 15) is 9.18 Å². The normalized spacial score (nSPS) is 15.0. The van der Waals surface area contributed by atoms with Crippen molar-refractivity contribution < 1.29 is 13.9 Å². The van der Waals surface area contributed by atoms with Crippen LogP contribution < -0.4 is 15.0 Å². The molecule has 1 N–H and O–H groups in total. The number of halogens is 1. The van der Waals surface area contributed by atoms with E-state index in [1.165, 1.54) is 30.7 Å². The van der Waals surface area contributed by atoms with Gasteiger partial charge in [0.1, 0.15) is 0 Å². The summed E-state index contributed by atoms with van der Waals surface area (Å²) >= 11 is 0. The summed E-state index contributed by atoms with van der Waals surface area (Å²) in [5.74, 6) is -0.666. The van der Waals surface area contributed by atoms with Crippen molar-refractivity contribution in [2.24, 2.45) is 0 Å². The van der Waals surface area contributed by atoms with Gasteiger partial charge in [0.15, 0.2) is 18.2 Å². The van der Waals surface area contributed by atoms with Crippen LogP contribution in [0.4, 0.5) is 10.1 Å². The van der Waals surface area contributed by atoms with Gasteiger partial charge in [-0.2, -0.15) is 0 Å². The van der Waals surface area contributed by atoms with E-state index in [2.05, 4.69) is 22.3 Å². The van der Waals surface area contributed by atoms with Gasteiger partial charge in [-0.05, 0) is 49.6 Å². The largest absolute Gasteiger partial charge is 0.481 e. The molecule has 2 aromatic carbocycles. The third kappa shape index (κ3) is 4.50. The van der Waals surface area contributed by atoms with E-state index in [1.54, 1.807) is 12.1 Å². The number of benzene rings is 2. The third-order valence-electron chi connectivity index (χ3n) is 4.44. The number of amides is 1. The number of carbonyl (C=O) groups excluding carboxylic acids is 1. The maximum absolute atomic E-state index is 13.5. The van der Waals surface area contributed by atoms with Crippen molar-refractivity contribution >= 4 is 11.6 Å². The first-order valence-corrected chi connectivity index (χ1v) is 8.65. The summed E-state index contributed by atoms with van der Waals surface area (Å²) < 4.78 is 18.7. The minimum Gasteiger partial charge on any atom is -0.481 e. The molecule has 4 nitrogen and oxygen atoms in total. The van der Waals surface area contributed by atoms with Gasteiger partial charge >= 0.3 is 0 Å². The number of nitrogens with zero attached hydrogens (tertiary/aromatic N) is 1. The maximum atomic E-state index is 13.5. The topological polar surface area (TPSA) is 41.6 Å². The predicted molar refractivity (Wildman–Crippen MR) is 96.3 cm³/mol. The number of ether oxygens (including phenoxy) is 1. The van der Waals surface area contributed by atoms with E-state index in [1.807, 2.05) is 19.1 Å². The number of carbonyl (C=O) groups is 1. The van der Waals surface area contributed by atoms with Crippen LogP contribution in [0.2, 0.25) is 0 Å². The summed E-state index contributed by atoms with van der Waals surface area (Å²) in [6.45, 7) is 3.93. The van der Waals surface area contributed by atoms with Gasteiger partial charge in [0.2, 0.25) is 0 Å². The Morgan fingerprint density at radius 1 is 1.16 bits per heavy atom. The van der Waals surface area contributed by atoms with Crippen molar-refractivity contribution in [3.05, 3.63) is 59.9 Å². The van der Waals surface area contributed by atoms with Crippen molar-refractivity contribution in [3.63, 3.8) is 0 Å². The summed E-state index contributed by atoms with van der Waals surface area (Å²) in [5.41, 5.74) is 2.25. The van der Waals surface area contributed by atoms with Crippen LogP contribution in [0.5, 0.6) is 5.75 Å². The lowest BCUT2D eigenvalue weighted by atomic mass is 10.1. The van der Waals surface area contributed by atoms with Crippen LogP contribution in [0.1, 0.15) is 31.4 Å². The van der Waals surface area contributed by atoms with Gasteiger partial charge in [0.25, 0.3) is 5.91 Å². The zero-order valence-electron chi connectivity index (χ0n) is 14.4. The highest BCUT2D eigenvalue weighted by Gasteiger charge is 2.14. The van der Waals surface area contributed by atoms with Gasteiger partial charge in [0.05, 0.1) is 6.04 Å². The molecule has 0 aliphatic carbocycles. The maximum Gasteiger partial charge on any atom is 0.258 e. The molecule has 3 rings (SSSR count). The second kappa shape index (κ2) is 8.01. The Hall–Kier alpha value is -2.56. The molecule has 1 aliphatic rings. The molecular weight excluding hydrogens is 319 g/mol. The Bertz CT molecular complexity index is 712. The molecule has 0 unspecified atom stereocenters. The molecule has 1 amide bonds. The fraction of sp³-hybridized carbons (Fsp3) is 0.350. The average molecular weight is 342 g/mol. The monoisotopic (exact) mass is 342 g/mol. The average Bonchev–Trinajstić information content (AvgIpc) is 3.16. The molecule has 1 fully saturated rings. The molecule has 1 saturated heterocycles. The summed E-state index contributed by atoms with van der Waals surface area (Å²) in [6, 6.07) is 14.2. The summed E-state index contributed by atoms with van der Waals surface area (Å²) in [7, 11) is 0. The summed E-state index contributed by atoms with van der Waals surface area (Å²) in [6.07, 6.45) is 2.49. The van der Waals surface area contributed by atoms with Crippen molar-refractivity contribution in [1.29, 1.82) is 0 Å². The smallest absolute Gasteiger partial charge is 0.258 e. The van der Waals surface area contributed by atoms with Gasteiger partial charge in [-0.1, -0.05) is 24.3 Å². The lowest BCUT2D eigenvalue weighted by Crippen LogP contribution is -2.31. The number of anilines is 1. The minimum absolute atomic E-state index is 0.0836. The first-order valence-electron chi connectivity index (χ1n) is 8.65. The highest BCUT2D eigenvalue weighted by atomic mass is 19.1. The molecule has 2 aromatic rings. The quantitative estimate of drug-likeness (QED) is 0.871. The fourth-order valence-electron chi connectivity index (χ4n) is 3.02. The van der Waals surface area contributed by atoms with E-state index in [0.29, 0.717) is 0 Å². The highest BCUT2D eigenvalue weighted by molar-refractivity contribution is 5.78. The van der Waals surface area contributed by atoms with Crippen molar-refractivity contribution in [1.82, 2.24) is 5.32 Å². The van der Waals surface area contributed by atoms with Crippen molar-refractivity contribution in [2.45, 2.75) is 25.8 Å². The highest BCUT2D eigenvalue weighted by Crippen LogP contribution is 2.22. The van der Waals surface area contributed by atoms with E-state index >= 15 is 0 Å². The molecule has 1 atom stereocenters. The standard InChI is InChI=1S/C20H23FN2O2/c1-15(16-8-10-17(11-9-16)23-12-4-5-13-23)22-20(24)14-25-19-7-3-2-6-18(19)21/h2-3,6-11,15H,4-5,12-14H2,1H3,(H,22,24)/t15-/m0/s1. The van der Waals surface area contributed by atoms with E-state index < -0.39 is 5.82 Å². The van der Waals surface area contributed by atoms with Gasteiger partial charge in [-0.25, -0.2) is 4.39 Å². The van der Waals surface area contributed by atoms with Crippen LogP contribution in [0, 0.1) is 5.82 Å². The van der Waals surface area contributed by atoms with E-state index in [4.69, 9.17) is 4.74 Å². The third-order valence-corrected chi connectivity index (χ3v) is 4.44. The Kier molecular flexibility index (Phi) is 5.53. The number of hydrogen-bond acceptors (Lipinski definition) is 3. The second-order valence-electron chi connectivity index (χ2n) is 6.29. The van der Waals surface area contributed by atoms with Gasteiger partial charge in [-0.15, -0.1) is 0 Å². The molecule has 5 heteroatoms. The van der Waals surface area contributed by atoms with Crippen molar-refractivity contribution in [2.75, 3.05) is 24.6 Å². The Balaban J connectivity index is 1.51. The molecule has 1 aliphatic heterocycles. The predicted octanol–water partition coefficient (Wildman–Crippen LogP) is 3.68. The zero-order chi connectivity index (χ0) is 17.6. The number of nitrogens with one attached hydrogen (secondary N) is 1. The van der Waals surface area contributed by atoms with Crippen LogP contribution in [-0.2, 0) is 4.79 Å². The van der Waals surface area contributed by atoms with Gasteiger partial charge < -0.3 is 15.0 Å². The number of para-hydroxylation sites is 1. The van der Waals surface area contributed by atoms with Crippen molar-refractivity contribution in [3.8, 4) is 5.75 Å². The Morgan fingerprint density at radius 2 is 1.84 bits per heavy atom. The van der Waals surface area contributed by atoms with Crippen LogP contribution in [-0.4, -0.2) is 25.6 Å². The van der Waals surface area contributed by atoms with E-state index in [0.717, 1.165) is 18.7 Å². The molecular formula is C20H23FN2O2. The lowest BCUT2D eigenvalue weighted by Gasteiger charge is -2.19. The second-order valence-corrected chi connectivity index (χ2v) is 6.29. The summed E-state index contributed by atoms with van der Waals surface area (Å²) in [4.78, 5) is 14.4. The molecule has 0 saturated carbocycles. The zero-order valence-corrected chi connectivity index (χ0v) is 14.4. The van der Waals surface area contributed by atoms with Crippen LogP contribution in [0.25, 0.3) is 0 Å². The molecule has 1 heterocycles. The molecule has 25 heavy (non-hydrogen) atoms. The minimum atomic E-state index is -0.471. The first kappa shape index (κ1) is 17.3.